The van der Waals surface area contributed by atoms with Gasteiger partial charge in [-0.25, -0.2) is 0 Å². The van der Waals surface area contributed by atoms with Gasteiger partial charge in [-0.15, -0.1) is 0 Å². The van der Waals surface area contributed by atoms with Crippen LogP contribution in [0.15, 0.2) is 12.2 Å². The van der Waals surface area contributed by atoms with Crippen molar-refractivity contribution in [2.75, 3.05) is 13.1 Å². The summed E-state index contributed by atoms with van der Waals surface area (Å²) < 4.78 is 0. The smallest absolute Gasteiger partial charge is 0.245 e. The molecule has 18 heavy (non-hydrogen) atoms. The van der Waals surface area contributed by atoms with Gasteiger partial charge in [-0.05, 0) is 18.8 Å². The Hall–Kier alpha value is -1.32. The van der Waals surface area contributed by atoms with Crippen molar-refractivity contribution in [1.82, 2.24) is 10.2 Å². The number of allylic oxidation sites excluding steroid dienone is 1. The third-order valence-electron chi connectivity index (χ3n) is 3.14. The molecule has 0 bridgehead atoms. The van der Waals surface area contributed by atoms with Crippen LogP contribution in [-0.2, 0) is 9.59 Å². The van der Waals surface area contributed by atoms with Gasteiger partial charge >= 0.3 is 0 Å². The van der Waals surface area contributed by atoms with E-state index in [0.29, 0.717) is 19.5 Å². The van der Waals surface area contributed by atoms with E-state index in [-0.39, 0.29) is 17.2 Å². The van der Waals surface area contributed by atoms with Crippen molar-refractivity contribution in [2.45, 2.75) is 46.6 Å². The fourth-order valence-electron chi connectivity index (χ4n) is 2.03. The second-order valence-corrected chi connectivity index (χ2v) is 5.80. The third-order valence-corrected chi connectivity index (χ3v) is 3.14. The minimum atomic E-state index is -0.418. The molecule has 1 aliphatic rings. The van der Waals surface area contributed by atoms with Crippen LogP contribution in [0, 0.1) is 5.41 Å². The minimum Gasteiger partial charge on any atom is -0.344 e. The molecule has 4 nitrogen and oxygen atoms in total. The zero-order valence-electron chi connectivity index (χ0n) is 11.8. The fourth-order valence-corrected chi connectivity index (χ4v) is 2.03. The van der Waals surface area contributed by atoms with Crippen LogP contribution in [0.4, 0.5) is 0 Å². The maximum absolute atomic E-state index is 12.4. The number of carbonyl (C=O) groups excluding carboxylic acids is 2. The van der Waals surface area contributed by atoms with E-state index < -0.39 is 6.04 Å². The predicted molar refractivity (Wildman–Crippen MR) is 72.0 cm³/mol. The predicted octanol–water partition coefficient (Wildman–Crippen LogP) is 1.72. The van der Waals surface area contributed by atoms with Gasteiger partial charge in [-0.1, -0.05) is 32.9 Å². The summed E-state index contributed by atoms with van der Waals surface area (Å²) in [6.45, 7) is 9.11. The fraction of sp³-hybridized carbons (Fsp3) is 0.714. The molecule has 1 unspecified atom stereocenters. The van der Waals surface area contributed by atoms with Gasteiger partial charge in [-0.2, -0.15) is 0 Å². The molecular weight excluding hydrogens is 228 g/mol. The molecule has 0 saturated carbocycles. The number of nitrogens with one attached hydrogen (secondary N) is 1. The van der Waals surface area contributed by atoms with Crippen molar-refractivity contribution in [1.29, 1.82) is 0 Å². The zero-order valence-corrected chi connectivity index (χ0v) is 11.8. The van der Waals surface area contributed by atoms with Crippen molar-refractivity contribution < 1.29 is 9.59 Å². The zero-order chi connectivity index (χ0) is 13.8. The third kappa shape index (κ3) is 3.86. The molecule has 4 heteroatoms. The van der Waals surface area contributed by atoms with Crippen molar-refractivity contribution in [3.05, 3.63) is 12.2 Å². The Morgan fingerprint density at radius 1 is 1.39 bits per heavy atom. The topological polar surface area (TPSA) is 49.4 Å². The average Bonchev–Trinajstić information content (AvgIpc) is 2.41. The Labute approximate surface area is 109 Å². The largest absolute Gasteiger partial charge is 0.344 e. The van der Waals surface area contributed by atoms with Crippen molar-refractivity contribution >= 4 is 11.8 Å². The number of hydrogen-bond acceptors (Lipinski definition) is 2. The lowest BCUT2D eigenvalue weighted by atomic mass is 9.86. The van der Waals surface area contributed by atoms with Gasteiger partial charge in [0.05, 0.1) is 0 Å². The Morgan fingerprint density at radius 2 is 2.06 bits per heavy atom. The summed E-state index contributed by atoms with van der Waals surface area (Å²) >= 11 is 0. The first kappa shape index (κ1) is 14.7. The first-order chi connectivity index (χ1) is 8.36. The van der Waals surface area contributed by atoms with E-state index in [9.17, 15) is 9.59 Å². The average molecular weight is 252 g/mol. The maximum Gasteiger partial charge on any atom is 0.245 e. The van der Waals surface area contributed by atoms with E-state index in [4.69, 9.17) is 0 Å². The van der Waals surface area contributed by atoms with Gasteiger partial charge in [0.1, 0.15) is 6.04 Å². The van der Waals surface area contributed by atoms with Gasteiger partial charge in [0, 0.05) is 19.5 Å². The van der Waals surface area contributed by atoms with E-state index in [1.807, 2.05) is 39.8 Å². The molecule has 0 aromatic heterocycles. The molecule has 0 spiro atoms. The van der Waals surface area contributed by atoms with Crippen molar-refractivity contribution in [2.24, 2.45) is 5.41 Å². The number of nitrogens with zero attached hydrogens (tertiary/aromatic N) is 1. The maximum atomic E-state index is 12.4. The summed E-state index contributed by atoms with van der Waals surface area (Å²) in [4.78, 5) is 25.9. The Balaban J connectivity index is 2.79. The van der Waals surface area contributed by atoms with Crippen LogP contribution in [0.2, 0.25) is 0 Å². The van der Waals surface area contributed by atoms with Gasteiger partial charge < -0.3 is 10.2 Å². The normalized spacial score (nSPS) is 22.2. The van der Waals surface area contributed by atoms with Crippen LogP contribution in [-0.4, -0.2) is 35.8 Å². The summed E-state index contributed by atoms with van der Waals surface area (Å²) in [5.74, 6) is 0.00895. The lowest BCUT2D eigenvalue weighted by Gasteiger charge is -2.32. The second-order valence-electron chi connectivity index (χ2n) is 5.80. The molecule has 1 heterocycles. The molecule has 1 fully saturated rings. The van der Waals surface area contributed by atoms with E-state index in [2.05, 4.69) is 5.32 Å². The van der Waals surface area contributed by atoms with Crippen LogP contribution < -0.4 is 5.32 Å². The molecule has 0 aliphatic carbocycles. The van der Waals surface area contributed by atoms with Crippen LogP contribution in [0.1, 0.15) is 40.5 Å². The Morgan fingerprint density at radius 3 is 2.61 bits per heavy atom. The summed E-state index contributed by atoms with van der Waals surface area (Å²) in [5.41, 5.74) is -0.254. The number of rotatable bonds is 3. The number of hydrogen-bond donors (Lipinski definition) is 1. The molecule has 1 N–H and O–H groups in total. The van der Waals surface area contributed by atoms with E-state index in [0.717, 1.165) is 6.42 Å². The van der Waals surface area contributed by atoms with Gasteiger partial charge in [0.2, 0.25) is 11.8 Å². The Kier molecular flexibility index (Phi) is 4.93. The minimum absolute atomic E-state index is 0.0307. The highest BCUT2D eigenvalue weighted by Crippen LogP contribution is 2.23. The van der Waals surface area contributed by atoms with Crippen LogP contribution in [0.5, 0.6) is 0 Å². The summed E-state index contributed by atoms with van der Waals surface area (Å²) in [6.07, 6.45) is 5.26. The molecule has 0 aromatic carbocycles. The van der Waals surface area contributed by atoms with Crippen LogP contribution >= 0.6 is 0 Å². The SMILES string of the molecule is C/C=C/CCN1CCC(=O)NC(C(C)(C)C)C1=O. The van der Waals surface area contributed by atoms with Gasteiger partial charge in [-0.3, -0.25) is 9.59 Å². The summed E-state index contributed by atoms with van der Waals surface area (Å²) in [7, 11) is 0. The highest BCUT2D eigenvalue weighted by atomic mass is 16.2. The molecule has 1 saturated heterocycles. The molecule has 102 valence electrons. The number of amides is 2. The van der Waals surface area contributed by atoms with E-state index >= 15 is 0 Å². The molecule has 1 atom stereocenters. The van der Waals surface area contributed by atoms with Gasteiger partial charge in [0.25, 0.3) is 0 Å². The standard InChI is InChI=1S/C14H24N2O2/c1-5-6-7-9-16-10-8-11(17)15-12(13(16)18)14(2,3)4/h5-6,12H,7-10H2,1-4H3,(H,15,17)/b6-5+. The number of carbonyl (C=O) groups is 2. The quantitative estimate of drug-likeness (QED) is 0.777. The van der Waals surface area contributed by atoms with Crippen LogP contribution in [0.3, 0.4) is 0 Å². The molecule has 0 aromatic rings. The lowest BCUT2D eigenvalue weighted by Crippen LogP contribution is -2.52. The molecule has 0 radical (unpaired) electrons. The first-order valence-electron chi connectivity index (χ1n) is 6.55. The monoisotopic (exact) mass is 252 g/mol. The van der Waals surface area contributed by atoms with Crippen LogP contribution in [0.25, 0.3) is 0 Å². The van der Waals surface area contributed by atoms with E-state index in [1.165, 1.54) is 0 Å². The molecular formula is C14H24N2O2. The highest BCUT2D eigenvalue weighted by Gasteiger charge is 2.37. The summed E-state index contributed by atoms with van der Waals surface area (Å²) in [6, 6.07) is -0.418. The van der Waals surface area contributed by atoms with E-state index in [1.54, 1.807) is 4.90 Å². The Bertz CT molecular complexity index is 342. The highest BCUT2D eigenvalue weighted by molar-refractivity contribution is 5.90. The molecule has 2 amide bonds. The first-order valence-corrected chi connectivity index (χ1v) is 6.55. The van der Waals surface area contributed by atoms with Crippen molar-refractivity contribution in [3.63, 3.8) is 0 Å². The van der Waals surface area contributed by atoms with Gasteiger partial charge in [0.15, 0.2) is 0 Å². The lowest BCUT2D eigenvalue weighted by molar-refractivity contribution is -0.136. The molecule has 1 aliphatic heterocycles. The van der Waals surface area contributed by atoms with Crippen molar-refractivity contribution in [3.8, 4) is 0 Å². The summed E-state index contributed by atoms with van der Waals surface area (Å²) in [5, 5.41) is 2.84. The second kappa shape index (κ2) is 6.03. The molecule has 1 rings (SSSR count).